The maximum Gasteiger partial charge on any atom is 0.204 e. The molecular formula is C13H24N4O2. The van der Waals surface area contributed by atoms with Crippen LogP contribution in [0.1, 0.15) is 26.7 Å². The minimum Gasteiger partial charge on any atom is -0.490 e. The van der Waals surface area contributed by atoms with Gasteiger partial charge >= 0.3 is 0 Å². The summed E-state index contributed by atoms with van der Waals surface area (Å²) in [5.74, 6) is 2.00. The fourth-order valence-corrected chi connectivity index (χ4v) is 2.23. The van der Waals surface area contributed by atoms with Crippen LogP contribution in [-0.4, -0.2) is 48.4 Å². The molecule has 0 saturated heterocycles. The molecular weight excluding hydrogens is 244 g/mol. The van der Waals surface area contributed by atoms with Gasteiger partial charge in [-0.3, -0.25) is 0 Å². The van der Waals surface area contributed by atoms with Gasteiger partial charge in [-0.25, -0.2) is 9.97 Å². The van der Waals surface area contributed by atoms with Gasteiger partial charge in [-0.15, -0.1) is 0 Å². The number of hydrogen-bond acceptors (Lipinski definition) is 6. The molecule has 1 aromatic heterocycles. The van der Waals surface area contributed by atoms with Crippen molar-refractivity contribution in [3.63, 3.8) is 0 Å². The Labute approximate surface area is 114 Å². The first-order chi connectivity index (χ1) is 9.23. The maximum absolute atomic E-state index is 9.29. The molecule has 1 heterocycles. The van der Waals surface area contributed by atoms with E-state index in [1.54, 1.807) is 14.2 Å². The van der Waals surface area contributed by atoms with E-state index in [9.17, 15) is 5.11 Å². The van der Waals surface area contributed by atoms with Crippen molar-refractivity contribution < 1.29 is 9.84 Å². The number of methoxy groups -OCH3 is 1. The minimum absolute atomic E-state index is 0.0819. The van der Waals surface area contributed by atoms with Crippen molar-refractivity contribution in [1.29, 1.82) is 0 Å². The van der Waals surface area contributed by atoms with Gasteiger partial charge in [-0.05, 0) is 12.8 Å². The van der Waals surface area contributed by atoms with Gasteiger partial charge in [0.15, 0.2) is 11.6 Å². The number of nitrogens with zero attached hydrogens (tertiary/aromatic N) is 3. The molecule has 0 aliphatic carbocycles. The molecule has 0 amide bonds. The van der Waals surface area contributed by atoms with Crippen LogP contribution in [0.25, 0.3) is 0 Å². The Bertz CT molecular complexity index is 383. The van der Waals surface area contributed by atoms with Crippen LogP contribution >= 0.6 is 0 Å². The lowest BCUT2D eigenvalue weighted by molar-refractivity contribution is 0.294. The van der Waals surface area contributed by atoms with E-state index in [1.165, 1.54) is 6.33 Å². The molecule has 0 aromatic carbocycles. The number of ether oxygens (including phenoxy) is 1. The summed E-state index contributed by atoms with van der Waals surface area (Å²) in [6.45, 7) is 4.87. The zero-order valence-electron chi connectivity index (χ0n) is 12.2. The summed E-state index contributed by atoms with van der Waals surface area (Å²) in [7, 11) is 3.40. The van der Waals surface area contributed by atoms with Crippen molar-refractivity contribution in [3.8, 4) is 5.75 Å². The minimum atomic E-state index is 0.0819. The van der Waals surface area contributed by atoms with Crippen molar-refractivity contribution in [2.75, 3.05) is 37.5 Å². The van der Waals surface area contributed by atoms with E-state index in [4.69, 9.17) is 4.74 Å². The fourth-order valence-electron chi connectivity index (χ4n) is 2.23. The van der Waals surface area contributed by atoms with E-state index in [2.05, 4.69) is 34.0 Å². The number of aliphatic hydroxyl groups is 1. The van der Waals surface area contributed by atoms with Gasteiger partial charge in [0.2, 0.25) is 5.75 Å². The number of hydrogen-bond donors (Lipinski definition) is 2. The van der Waals surface area contributed by atoms with Gasteiger partial charge in [-0.1, -0.05) is 13.8 Å². The van der Waals surface area contributed by atoms with E-state index in [0.29, 0.717) is 24.2 Å². The van der Waals surface area contributed by atoms with Crippen LogP contribution in [0.15, 0.2) is 6.33 Å². The van der Waals surface area contributed by atoms with Crippen LogP contribution < -0.4 is 15.0 Å². The number of nitrogens with one attached hydrogen (secondary N) is 1. The zero-order valence-corrected chi connectivity index (χ0v) is 12.2. The Morgan fingerprint density at radius 3 is 2.53 bits per heavy atom. The third-order valence-electron chi connectivity index (χ3n) is 3.22. The highest BCUT2D eigenvalue weighted by atomic mass is 16.5. The molecule has 0 unspecified atom stereocenters. The van der Waals surface area contributed by atoms with Gasteiger partial charge in [0.05, 0.1) is 13.7 Å². The van der Waals surface area contributed by atoms with Crippen molar-refractivity contribution in [3.05, 3.63) is 6.33 Å². The molecule has 6 nitrogen and oxygen atoms in total. The van der Waals surface area contributed by atoms with Crippen molar-refractivity contribution >= 4 is 11.6 Å². The predicted octanol–water partition coefficient (Wildman–Crippen LogP) is 1.51. The molecule has 0 bridgehead atoms. The lowest BCUT2D eigenvalue weighted by Crippen LogP contribution is -2.37. The number of anilines is 2. The molecule has 0 radical (unpaired) electrons. The van der Waals surface area contributed by atoms with Crippen LogP contribution in [0.2, 0.25) is 0 Å². The third-order valence-corrected chi connectivity index (χ3v) is 3.22. The molecule has 0 aliphatic heterocycles. The summed E-state index contributed by atoms with van der Waals surface area (Å²) < 4.78 is 5.42. The second-order valence-corrected chi connectivity index (χ2v) is 4.22. The largest absolute Gasteiger partial charge is 0.490 e. The average molecular weight is 268 g/mol. The maximum atomic E-state index is 9.29. The molecule has 0 fully saturated rings. The first kappa shape index (κ1) is 15.5. The monoisotopic (exact) mass is 268 g/mol. The molecule has 108 valence electrons. The van der Waals surface area contributed by atoms with E-state index >= 15 is 0 Å². The van der Waals surface area contributed by atoms with Gasteiger partial charge in [0.1, 0.15) is 6.33 Å². The van der Waals surface area contributed by atoms with Gasteiger partial charge in [0.25, 0.3) is 0 Å². The highest BCUT2D eigenvalue weighted by Crippen LogP contribution is 2.33. The Morgan fingerprint density at radius 2 is 2.05 bits per heavy atom. The number of rotatable bonds is 8. The highest BCUT2D eigenvalue weighted by molar-refractivity contribution is 5.64. The molecule has 0 saturated carbocycles. The summed E-state index contributed by atoms with van der Waals surface area (Å²) in [6.07, 6.45) is 3.48. The Morgan fingerprint density at radius 1 is 1.37 bits per heavy atom. The SMILES string of the molecule is CCC(CC)N(CCO)c1ncnc(NC)c1OC. The molecule has 6 heteroatoms. The van der Waals surface area contributed by atoms with Crippen LogP contribution in [-0.2, 0) is 0 Å². The summed E-state index contributed by atoms with van der Waals surface area (Å²) in [5, 5.41) is 12.3. The first-order valence-corrected chi connectivity index (χ1v) is 6.67. The van der Waals surface area contributed by atoms with Crippen LogP contribution in [0.5, 0.6) is 5.75 Å². The normalized spacial score (nSPS) is 10.6. The van der Waals surface area contributed by atoms with Crippen molar-refractivity contribution in [1.82, 2.24) is 9.97 Å². The van der Waals surface area contributed by atoms with E-state index < -0.39 is 0 Å². The summed E-state index contributed by atoms with van der Waals surface area (Å²) in [5.41, 5.74) is 0. The van der Waals surface area contributed by atoms with Crippen LogP contribution in [0.3, 0.4) is 0 Å². The quantitative estimate of drug-likeness (QED) is 0.745. The Balaban J connectivity index is 3.21. The zero-order chi connectivity index (χ0) is 14.3. The summed E-state index contributed by atoms with van der Waals surface area (Å²) in [6, 6.07) is 0.320. The average Bonchev–Trinajstić information content (AvgIpc) is 2.46. The standard InChI is InChI=1S/C13H24N4O2/c1-5-10(6-2)17(7-8-18)13-11(19-4)12(14-3)15-9-16-13/h9-10,18H,5-8H2,1-4H3,(H,14,15,16). The van der Waals surface area contributed by atoms with Crippen molar-refractivity contribution in [2.24, 2.45) is 0 Å². The molecule has 0 spiro atoms. The van der Waals surface area contributed by atoms with Crippen LogP contribution in [0.4, 0.5) is 11.6 Å². The van der Waals surface area contributed by atoms with E-state index in [1.807, 2.05) is 0 Å². The van der Waals surface area contributed by atoms with Crippen LogP contribution in [0, 0.1) is 0 Å². The number of aromatic nitrogens is 2. The molecule has 0 atom stereocenters. The Hall–Kier alpha value is -1.56. The van der Waals surface area contributed by atoms with E-state index in [0.717, 1.165) is 18.7 Å². The lowest BCUT2D eigenvalue weighted by Gasteiger charge is -2.32. The number of aliphatic hydroxyl groups excluding tert-OH is 1. The summed E-state index contributed by atoms with van der Waals surface area (Å²) in [4.78, 5) is 10.6. The lowest BCUT2D eigenvalue weighted by atomic mass is 10.1. The predicted molar refractivity (Wildman–Crippen MR) is 76.9 cm³/mol. The fraction of sp³-hybridized carbons (Fsp3) is 0.692. The second-order valence-electron chi connectivity index (χ2n) is 4.22. The molecule has 0 aliphatic rings. The van der Waals surface area contributed by atoms with Gasteiger partial charge in [0, 0.05) is 19.6 Å². The first-order valence-electron chi connectivity index (χ1n) is 6.67. The Kier molecular flexibility index (Phi) is 6.35. The topological polar surface area (TPSA) is 70.5 Å². The summed E-state index contributed by atoms with van der Waals surface area (Å²) >= 11 is 0. The molecule has 2 N–H and O–H groups in total. The third kappa shape index (κ3) is 3.47. The second kappa shape index (κ2) is 7.78. The van der Waals surface area contributed by atoms with Gasteiger partial charge < -0.3 is 20.1 Å². The van der Waals surface area contributed by atoms with Crippen molar-refractivity contribution in [2.45, 2.75) is 32.7 Å². The van der Waals surface area contributed by atoms with E-state index in [-0.39, 0.29) is 6.61 Å². The highest BCUT2D eigenvalue weighted by Gasteiger charge is 2.22. The molecule has 1 rings (SSSR count). The molecule has 19 heavy (non-hydrogen) atoms. The smallest absolute Gasteiger partial charge is 0.204 e. The van der Waals surface area contributed by atoms with Gasteiger partial charge in [-0.2, -0.15) is 0 Å². The molecule has 1 aromatic rings.